The van der Waals surface area contributed by atoms with Crippen molar-refractivity contribution < 1.29 is 42.4 Å². The summed E-state index contributed by atoms with van der Waals surface area (Å²) in [5, 5.41) is 33.1. The molecule has 1 amide bonds. The Morgan fingerprint density at radius 2 is 2.04 bits per heavy atom. The van der Waals surface area contributed by atoms with Crippen LogP contribution in [0.25, 0.3) is 0 Å². The van der Waals surface area contributed by atoms with Crippen LogP contribution in [0.4, 0.5) is 13.2 Å². The van der Waals surface area contributed by atoms with Gasteiger partial charge in [-0.3, -0.25) is 9.59 Å². The van der Waals surface area contributed by atoms with Gasteiger partial charge in [-0.05, 0) is 17.9 Å². The Morgan fingerprint density at radius 1 is 1.48 bits per heavy atom. The monoisotopic (exact) mass is 388 g/mol. The molecule has 0 saturated heterocycles. The quantitative estimate of drug-likeness (QED) is 0.646. The van der Waals surface area contributed by atoms with Crippen molar-refractivity contribution in [1.29, 1.82) is 5.26 Å². The molecule has 1 aromatic rings. The Hall–Kier alpha value is -3.23. The Bertz CT molecular complexity index is 754. The van der Waals surface area contributed by atoms with E-state index in [9.17, 15) is 22.8 Å². The standard InChI is InChI=1S/C13H14N4O3.C2HF3O2/c1-9(6-11(18)19)17-5-2-10(7-15-17)12(20)16-13(8-14)3-4-13;3-2(4,5)1(6)7/h2,5,7,9H,3-4,6H2,1H3,(H-,16,18,19,20);(H,6,7). The molecule has 1 aromatic heterocycles. The Morgan fingerprint density at radius 3 is 2.37 bits per heavy atom. The van der Waals surface area contributed by atoms with Gasteiger partial charge in [-0.2, -0.15) is 18.4 Å². The van der Waals surface area contributed by atoms with E-state index in [1.807, 2.05) is 0 Å². The number of carboxylic acid groups (broad SMARTS) is 2. The molecule has 1 atom stereocenters. The molecule has 146 valence electrons. The zero-order valence-corrected chi connectivity index (χ0v) is 14.0. The molecular formula is C15H15F3N4O5. The maximum atomic E-state index is 11.9. The molecule has 0 aromatic carbocycles. The van der Waals surface area contributed by atoms with Gasteiger partial charge in [-0.1, -0.05) is 4.68 Å². The lowest BCUT2D eigenvalue weighted by atomic mass is 10.2. The highest BCUT2D eigenvalue weighted by molar-refractivity contribution is 5.94. The number of rotatable bonds is 5. The summed E-state index contributed by atoms with van der Waals surface area (Å²) in [5.74, 6) is -4.25. The predicted octanol–water partition coefficient (Wildman–Crippen LogP) is -0.511. The number of aromatic nitrogens is 2. The smallest absolute Gasteiger partial charge is 0.430 e. The summed E-state index contributed by atoms with van der Waals surface area (Å²) in [4.78, 5) is 31.3. The molecule has 1 aliphatic rings. The van der Waals surface area contributed by atoms with E-state index in [-0.39, 0.29) is 18.4 Å². The van der Waals surface area contributed by atoms with Crippen LogP contribution < -0.4 is 15.1 Å². The minimum Gasteiger partial charge on any atom is -0.542 e. The van der Waals surface area contributed by atoms with Crippen LogP contribution in [-0.2, 0) is 9.59 Å². The fourth-order valence-electron chi connectivity index (χ4n) is 1.79. The Labute approximate surface area is 151 Å². The fourth-order valence-corrected chi connectivity index (χ4v) is 1.79. The van der Waals surface area contributed by atoms with Gasteiger partial charge in [0.1, 0.15) is 24.1 Å². The van der Waals surface area contributed by atoms with Crippen molar-refractivity contribution in [3.8, 4) is 6.07 Å². The molecule has 0 radical (unpaired) electrons. The average molecular weight is 388 g/mol. The van der Waals surface area contributed by atoms with Gasteiger partial charge in [-0.25, -0.2) is 0 Å². The van der Waals surface area contributed by atoms with Crippen molar-refractivity contribution in [3.63, 3.8) is 0 Å². The van der Waals surface area contributed by atoms with Gasteiger partial charge >= 0.3 is 12.1 Å². The van der Waals surface area contributed by atoms with Crippen molar-refractivity contribution in [2.75, 3.05) is 0 Å². The number of hydrogen-bond acceptors (Lipinski definition) is 6. The SMILES string of the molecule is CC(CC(=O)O)[n+]1ccc(C(=O)NC2(C#N)CC2)cn1.O=C([O-])C(F)(F)F. The number of hydrogen-bond donors (Lipinski definition) is 2. The summed E-state index contributed by atoms with van der Waals surface area (Å²) in [5.41, 5.74) is -0.357. The molecule has 1 unspecified atom stereocenters. The van der Waals surface area contributed by atoms with Crippen LogP contribution in [0.15, 0.2) is 18.5 Å². The Balaban J connectivity index is 0.000000445. The normalized spacial score (nSPS) is 15.4. The van der Waals surface area contributed by atoms with E-state index in [4.69, 9.17) is 20.3 Å². The molecule has 0 spiro atoms. The summed E-state index contributed by atoms with van der Waals surface area (Å²) >= 11 is 0. The van der Waals surface area contributed by atoms with Gasteiger partial charge in [0, 0.05) is 13.0 Å². The van der Waals surface area contributed by atoms with Crippen LogP contribution in [0.2, 0.25) is 0 Å². The number of nitrogens with zero attached hydrogens (tertiary/aromatic N) is 3. The third kappa shape index (κ3) is 6.89. The number of carbonyl (C=O) groups excluding carboxylic acids is 2. The van der Waals surface area contributed by atoms with Crippen molar-refractivity contribution in [2.24, 2.45) is 0 Å². The lowest BCUT2D eigenvalue weighted by Crippen LogP contribution is -2.43. The van der Waals surface area contributed by atoms with Crippen molar-refractivity contribution >= 4 is 17.8 Å². The molecular weight excluding hydrogens is 373 g/mol. The second kappa shape index (κ2) is 8.43. The summed E-state index contributed by atoms with van der Waals surface area (Å²) in [6.07, 6.45) is -0.952. The number of nitrogens with one attached hydrogen (secondary N) is 1. The van der Waals surface area contributed by atoms with Gasteiger partial charge in [0.25, 0.3) is 5.91 Å². The topological polar surface area (TPSA) is 147 Å². The number of nitriles is 1. The van der Waals surface area contributed by atoms with E-state index in [1.54, 1.807) is 19.2 Å². The first-order chi connectivity index (χ1) is 12.4. The van der Waals surface area contributed by atoms with Gasteiger partial charge in [0.15, 0.2) is 12.2 Å². The zero-order valence-electron chi connectivity index (χ0n) is 14.0. The number of carboxylic acids is 2. The second-order valence-corrected chi connectivity index (χ2v) is 5.78. The predicted molar refractivity (Wildman–Crippen MR) is 77.5 cm³/mol. The van der Waals surface area contributed by atoms with Crippen LogP contribution >= 0.6 is 0 Å². The molecule has 1 aliphatic carbocycles. The number of carbonyl (C=O) groups is 3. The van der Waals surface area contributed by atoms with Gasteiger partial charge in [0.05, 0.1) is 11.6 Å². The summed E-state index contributed by atoms with van der Waals surface area (Å²) in [7, 11) is 0. The minimum absolute atomic E-state index is 0.0409. The number of halogens is 3. The highest BCUT2D eigenvalue weighted by Crippen LogP contribution is 2.34. The lowest BCUT2D eigenvalue weighted by Gasteiger charge is -2.08. The van der Waals surface area contributed by atoms with Crippen molar-refractivity contribution in [1.82, 2.24) is 10.4 Å². The first-order valence-electron chi connectivity index (χ1n) is 7.51. The Kier molecular flexibility index (Phi) is 6.81. The van der Waals surface area contributed by atoms with E-state index in [2.05, 4.69) is 16.5 Å². The van der Waals surface area contributed by atoms with Crippen LogP contribution in [-0.4, -0.2) is 39.8 Å². The van der Waals surface area contributed by atoms with Crippen molar-refractivity contribution in [2.45, 2.75) is 43.9 Å². The lowest BCUT2D eigenvalue weighted by molar-refractivity contribution is -0.773. The molecule has 1 saturated carbocycles. The van der Waals surface area contributed by atoms with E-state index in [0.717, 1.165) is 0 Å². The summed E-state index contributed by atoms with van der Waals surface area (Å²) < 4.78 is 33.0. The van der Waals surface area contributed by atoms with Crippen LogP contribution in [0.1, 0.15) is 42.6 Å². The van der Waals surface area contributed by atoms with Crippen LogP contribution in [0, 0.1) is 11.3 Å². The second-order valence-electron chi connectivity index (χ2n) is 5.78. The fraction of sp³-hybridized carbons (Fsp3) is 0.467. The van der Waals surface area contributed by atoms with Gasteiger partial charge in [0.2, 0.25) is 0 Å². The van der Waals surface area contributed by atoms with E-state index >= 15 is 0 Å². The number of amides is 1. The van der Waals surface area contributed by atoms with Crippen LogP contribution in [0.3, 0.4) is 0 Å². The third-order valence-electron chi connectivity index (χ3n) is 3.47. The summed E-state index contributed by atoms with van der Waals surface area (Å²) in [6.45, 7) is 1.73. The number of alkyl halides is 3. The van der Waals surface area contributed by atoms with Crippen molar-refractivity contribution in [3.05, 3.63) is 24.0 Å². The highest BCUT2D eigenvalue weighted by atomic mass is 19.4. The highest BCUT2D eigenvalue weighted by Gasteiger charge is 2.44. The molecule has 2 rings (SSSR count). The largest absolute Gasteiger partial charge is 0.542 e. The van der Waals surface area contributed by atoms with E-state index in [0.29, 0.717) is 18.4 Å². The van der Waals surface area contributed by atoms with Gasteiger partial charge < -0.3 is 20.3 Å². The maximum Gasteiger partial charge on any atom is 0.430 e. The minimum atomic E-state index is -5.19. The molecule has 27 heavy (non-hydrogen) atoms. The van der Waals surface area contributed by atoms with E-state index in [1.165, 1.54) is 10.9 Å². The third-order valence-corrected chi connectivity index (χ3v) is 3.47. The molecule has 0 aliphatic heterocycles. The van der Waals surface area contributed by atoms with Gasteiger partial charge in [-0.15, -0.1) is 0 Å². The summed E-state index contributed by atoms with van der Waals surface area (Å²) in [6, 6.07) is 3.35. The molecule has 0 bridgehead atoms. The molecule has 9 nitrogen and oxygen atoms in total. The first-order valence-corrected chi connectivity index (χ1v) is 7.51. The molecule has 1 heterocycles. The molecule has 1 fully saturated rings. The van der Waals surface area contributed by atoms with Crippen LogP contribution in [0.5, 0.6) is 0 Å². The number of aliphatic carboxylic acids is 2. The molecule has 2 N–H and O–H groups in total. The first kappa shape index (κ1) is 21.8. The maximum absolute atomic E-state index is 11.9. The van der Waals surface area contributed by atoms with E-state index < -0.39 is 23.7 Å². The zero-order chi connectivity index (χ0) is 20.8. The molecule has 12 heteroatoms. The average Bonchev–Trinajstić information content (AvgIpc) is 3.34.